The number of anilines is 1. The number of benzene rings is 1. The molecule has 3 N–H and O–H groups in total. The van der Waals surface area contributed by atoms with Gasteiger partial charge in [-0.3, -0.25) is 14.4 Å². The molecule has 32 heavy (non-hydrogen) atoms. The lowest BCUT2D eigenvalue weighted by atomic mass is 9.71. The summed E-state index contributed by atoms with van der Waals surface area (Å²) >= 11 is 6.19. The predicted molar refractivity (Wildman–Crippen MR) is 117 cm³/mol. The first kappa shape index (κ1) is 22.3. The van der Waals surface area contributed by atoms with Gasteiger partial charge in [0.1, 0.15) is 11.5 Å². The van der Waals surface area contributed by atoms with Gasteiger partial charge in [0.25, 0.3) is 11.8 Å². The van der Waals surface area contributed by atoms with Crippen molar-refractivity contribution >= 4 is 35.0 Å². The highest BCUT2D eigenvalue weighted by Gasteiger charge is 2.49. The third kappa shape index (κ3) is 3.74. The number of carbonyl (C=O) groups excluding carboxylic acids is 3. The molecule has 1 aliphatic heterocycles. The molecule has 2 heterocycles. The lowest BCUT2D eigenvalue weighted by molar-refractivity contribution is -0.127. The molecule has 8 nitrogen and oxygen atoms in total. The van der Waals surface area contributed by atoms with Crippen LogP contribution >= 0.6 is 11.6 Å². The third-order valence-corrected chi connectivity index (χ3v) is 6.90. The van der Waals surface area contributed by atoms with Gasteiger partial charge in [0.2, 0.25) is 5.91 Å². The molecule has 1 saturated heterocycles. The smallest absolute Gasteiger partial charge is 0.270 e. The number of hydrogen-bond acceptors (Lipinski definition) is 4. The summed E-state index contributed by atoms with van der Waals surface area (Å²) in [4.78, 5) is 43.4. The predicted octanol–water partition coefficient (Wildman–Crippen LogP) is 3.06. The maximum atomic E-state index is 13.4. The first-order chi connectivity index (χ1) is 15.3. The van der Waals surface area contributed by atoms with Crippen LogP contribution in [-0.2, 0) is 4.79 Å². The van der Waals surface area contributed by atoms with Crippen LogP contribution in [0, 0.1) is 11.2 Å². The summed E-state index contributed by atoms with van der Waals surface area (Å²) in [6, 6.07) is 3.98. The summed E-state index contributed by atoms with van der Waals surface area (Å²) < 4.78 is 15.1. The number of primary amides is 1. The van der Waals surface area contributed by atoms with E-state index < -0.39 is 23.0 Å². The van der Waals surface area contributed by atoms with E-state index >= 15 is 0 Å². The van der Waals surface area contributed by atoms with E-state index in [4.69, 9.17) is 17.3 Å². The molecule has 4 rings (SSSR count). The van der Waals surface area contributed by atoms with Crippen LogP contribution in [0.4, 0.5) is 10.1 Å². The second-order valence-corrected chi connectivity index (χ2v) is 8.79. The van der Waals surface area contributed by atoms with E-state index in [1.807, 2.05) is 0 Å². The van der Waals surface area contributed by atoms with Crippen LogP contribution < -0.4 is 16.0 Å². The molecule has 0 bridgehead atoms. The Bertz CT molecular complexity index is 1080. The molecule has 0 unspecified atom stereocenters. The minimum atomic E-state index is -0.755. The second kappa shape index (κ2) is 8.54. The van der Waals surface area contributed by atoms with E-state index in [1.165, 1.54) is 24.5 Å². The molecule has 1 spiro atoms. The summed E-state index contributed by atoms with van der Waals surface area (Å²) in [6.45, 7) is 2.72. The largest absolute Gasteiger partial charge is 0.364 e. The zero-order valence-corrected chi connectivity index (χ0v) is 18.5. The van der Waals surface area contributed by atoms with Crippen molar-refractivity contribution in [2.75, 3.05) is 18.0 Å². The second-order valence-electron chi connectivity index (χ2n) is 8.39. The van der Waals surface area contributed by atoms with Crippen molar-refractivity contribution in [3.63, 3.8) is 0 Å². The number of rotatable bonds is 5. The lowest BCUT2D eigenvalue weighted by Gasteiger charge is -2.36. The fourth-order valence-electron chi connectivity index (χ4n) is 4.94. The van der Waals surface area contributed by atoms with E-state index in [9.17, 15) is 18.8 Å². The van der Waals surface area contributed by atoms with E-state index in [-0.39, 0.29) is 28.4 Å². The molecule has 0 radical (unpaired) electrons. The fourth-order valence-corrected chi connectivity index (χ4v) is 5.20. The first-order valence-electron chi connectivity index (χ1n) is 10.7. The van der Waals surface area contributed by atoms with Gasteiger partial charge in [0, 0.05) is 19.1 Å². The topological polar surface area (TPSA) is 110 Å². The lowest BCUT2D eigenvalue weighted by Crippen LogP contribution is -2.38. The van der Waals surface area contributed by atoms with Crippen LogP contribution in [0.1, 0.15) is 66.0 Å². The molecule has 0 atom stereocenters. The van der Waals surface area contributed by atoms with Crippen molar-refractivity contribution in [3.8, 4) is 0 Å². The number of amides is 3. The maximum absolute atomic E-state index is 13.4. The molecule has 2 aromatic rings. The van der Waals surface area contributed by atoms with Gasteiger partial charge in [-0.05, 0) is 57.2 Å². The Labute approximate surface area is 189 Å². The van der Waals surface area contributed by atoms with Crippen LogP contribution in [0.15, 0.2) is 24.5 Å². The third-order valence-electron chi connectivity index (χ3n) is 6.60. The van der Waals surface area contributed by atoms with Gasteiger partial charge in [-0.1, -0.05) is 11.6 Å². The van der Waals surface area contributed by atoms with E-state index in [1.54, 1.807) is 16.4 Å². The van der Waals surface area contributed by atoms with Crippen molar-refractivity contribution < 1.29 is 18.8 Å². The summed E-state index contributed by atoms with van der Waals surface area (Å²) in [5, 5.41) is 2.92. The first-order valence-corrected chi connectivity index (χ1v) is 11.1. The highest BCUT2D eigenvalue weighted by Crippen LogP contribution is 2.49. The van der Waals surface area contributed by atoms with Gasteiger partial charge in [-0.15, -0.1) is 0 Å². The average Bonchev–Trinajstić information content (AvgIpc) is 3.33. The van der Waals surface area contributed by atoms with Gasteiger partial charge in [0.15, 0.2) is 5.69 Å². The van der Waals surface area contributed by atoms with Gasteiger partial charge < -0.3 is 20.5 Å². The van der Waals surface area contributed by atoms with Gasteiger partial charge in [-0.25, -0.2) is 9.37 Å². The van der Waals surface area contributed by atoms with Crippen molar-refractivity contribution in [1.82, 2.24) is 14.9 Å². The Morgan fingerprint density at radius 1 is 1.31 bits per heavy atom. The van der Waals surface area contributed by atoms with Gasteiger partial charge in [0.05, 0.1) is 22.5 Å². The molecule has 10 heteroatoms. The summed E-state index contributed by atoms with van der Waals surface area (Å²) in [7, 11) is 0. The Kier molecular flexibility index (Phi) is 5.94. The number of nitrogens with one attached hydrogen (secondary N) is 1. The molecular weight excluding hydrogens is 437 g/mol. The molecule has 2 aliphatic rings. The molecule has 2 fully saturated rings. The highest BCUT2D eigenvalue weighted by atomic mass is 35.5. The molecular formula is C22H25ClFN5O3. The zero-order chi connectivity index (χ0) is 23.0. The van der Waals surface area contributed by atoms with Crippen LogP contribution in [-0.4, -0.2) is 40.4 Å². The number of hydrogen-bond donors (Lipinski definition) is 2. The van der Waals surface area contributed by atoms with Crippen LogP contribution in [0.5, 0.6) is 0 Å². The molecule has 170 valence electrons. The molecule has 1 saturated carbocycles. The van der Waals surface area contributed by atoms with E-state index in [0.29, 0.717) is 50.9 Å². The van der Waals surface area contributed by atoms with Crippen LogP contribution in [0.25, 0.3) is 0 Å². The Hall–Kier alpha value is -2.94. The normalized spacial score (nSPS) is 23.0. The maximum Gasteiger partial charge on any atom is 0.270 e. The number of nitrogens with two attached hydrogens (primary N) is 1. The standard InChI is InChI=1S/C22H25ClFN5O3/c1-2-26-20(31)18-17(19(25)30)27-12-29(18)14-5-7-22(8-6-14)9-10-28(21(22)32)16-4-3-13(24)11-15(16)23/h3-4,11-12,14H,2,5-10H2,1H3,(H2,25,30)(H,26,31). The monoisotopic (exact) mass is 461 g/mol. The quantitative estimate of drug-likeness (QED) is 0.712. The molecule has 1 aliphatic carbocycles. The number of imidazole rings is 1. The van der Waals surface area contributed by atoms with E-state index in [2.05, 4.69) is 10.3 Å². The highest BCUT2D eigenvalue weighted by molar-refractivity contribution is 6.34. The van der Waals surface area contributed by atoms with Crippen molar-refractivity contribution in [2.45, 2.75) is 45.1 Å². The Balaban J connectivity index is 1.53. The molecule has 1 aromatic carbocycles. The number of nitrogens with zero attached hydrogens (tertiary/aromatic N) is 3. The minimum Gasteiger partial charge on any atom is -0.364 e. The molecule has 3 amide bonds. The Morgan fingerprint density at radius 3 is 2.66 bits per heavy atom. The average molecular weight is 462 g/mol. The van der Waals surface area contributed by atoms with E-state index in [0.717, 1.165) is 0 Å². The summed E-state index contributed by atoms with van der Waals surface area (Å²) in [5.74, 6) is -1.60. The summed E-state index contributed by atoms with van der Waals surface area (Å²) in [5.41, 5.74) is 5.55. The zero-order valence-electron chi connectivity index (χ0n) is 17.7. The minimum absolute atomic E-state index is 0.00290. The fraction of sp³-hybridized carbons (Fsp3) is 0.455. The molecule has 1 aromatic heterocycles. The van der Waals surface area contributed by atoms with Crippen molar-refractivity contribution in [3.05, 3.63) is 46.8 Å². The Morgan fingerprint density at radius 2 is 2.03 bits per heavy atom. The number of aromatic nitrogens is 2. The SMILES string of the molecule is CCNC(=O)c1c(C(N)=O)ncn1C1CCC2(CC1)CCN(c1ccc(F)cc1Cl)C2=O. The van der Waals surface area contributed by atoms with Crippen molar-refractivity contribution in [2.24, 2.45) is 11.1 Å². The number of carbonyl (C=O) groups is 3. The number of halogens is 2. The van der Waals surface area contributed by atoms with Gasteiger partial charge in [-0.2, -0.15) is 0 Å². The van der Waals surface area contributed by atoms with Gasteiger partial charge >= 0.3 is 0 Å². The summed E-state index contributed by atoms with van der Waals surface area (Å²) in [6.07, 6.45) is 4.73. The van der Waals surface area contributed by atoms with Crippen LogP contribution in [0.2, 0.25) is 5.02 Å². The van der Waals surface area contributed by atoms with Crippen LogP contribution in [0.3, 0.4) is 0 Å². The van der Waals surface area contributed by atoms with Crippen molar-refractivity contribution in [1.29, 1.82) is 0 Å².